The van der Waals surface area contributed by atoms with E-state index in [9.17, 15) is 18.0 Å². The lowest BCUT2D eigenvalue weighted by Crippen LogP contribution is -2.08. The summed E-state index contributed by atoms with van der Waals surface area (Å²) in [4.78, 5) is 20.2. The zero-order valence-corrected chi connectivity index (χ0v) is 6.87. The molecule has 0 rings (SSSR count). The van der Waals surface area contributed by atoms with Gasteiger partial charge < -0.3 is 9.29 Å². The van der Waals surface area contributed by atoms with Gasteiger partial charge in [0.15, 0.2) is 0 Å². The molecule has 0 saturated heterocycles. The number of hydrogen-bond donors (Lipinski definition) is 1. The van der Waals surface area contributed by atoms with E-state index in [1.165, 1.54) is 0 Å². The molecule has 1 N–H and O–H groups in total. The fourth-order valence-electron chi connectivity index (χ4n) is 0.316. The summed E-state index contributed by atoms with van der Waals surface area (Å²) in [5, 5.41) is 8.02. The third-order valence-electron chi connectivity index (χ3n) is 0.596. The van der Waals surface area contributed by atoms with Crippen LogP contribution < -0.4 is 0 Å². The minimum atomic E-state index is -3.86. The topological polar surface area (TPSA) is 97.7 Å². The highest BCUT2D eigenvalue weighted by molar-refractivity contribution is 7.86. The maximum Gasteiger partial charge on any atom is 0.346 e. The van der Waals surface area contributed by atoms with Crippen LogP contribution in [0.25, 0.3) is 0 Å². The molecule has 0 aliphatic rings. The molecule has 0 aliphatic carbocycles. The van der Waals surface area contributed by atoms with Gasteiger partial charge in [0.05, 0.1) is 6.26 Å². The van der Waals surface area contributed by atoms with Gasteiger partial charge in [-0.25, -0.2) is 9.59 Å². The highest BCUT2D eigenvalue weighted by Crippen LogP contribution is 1.89. The van der Waals surface area contributed by atoms with Crippen LogP contribution in [0.3, 0.4) is 0 Å². The summed E-state index contributed by atoms with van der Waals surface area (Å²) in [6.45, 7) is 0. The molecule has 68 valence electrons. The number of rotatable bonds is 3. The van der Waals surface area contributed by atoms with Crippen LogP contribution in [0.15, 0.2) is 12.2 Å². The lowest BCUT2D eigenvalue weighted by atomic mass is 10.5. The summed E-state index contributed by atoms with van der Waals surface area (Å²) in [5.74, 6) is -2.60. The van der Waals surface area contributed by atoms with Gasteiger partial charge in [0.25, 0.3) is 0 Å². The lowest BCUT2D eigenvalue weighted by Gasteiger charge is -1.94. The van der Waals surface area contributed by atoms with E-state index in [1.807, 2.05) is 0 Å². The van der Waals surface area contributed by atoms with Gasteiger partial charge in [0.1, 0.15) is 0 Å². The summed E-state index contributed by atoms with van der Waals surface area (Å²) < 4.78 is 24.3. The second-order valence-corrected chi connectivity index (χ2v) is 3.35. The minimum Gasteiger partial charge on any atom is -0.478 e. The van der Waals surface area contributed by atoms with E-state index in [0.29, 0.717) is 18.4 Å². The Morgan fingerprint density at radius 1 is 1.33 bits per heavy atom. The molecule has 0 aromatic rings. The molecule has 0 radical (unpaired) electrons. The summed E-state index contributed by atoms with van der Waals surface area (Å²) in [7, 11) is -3.86. The Bertz CT molecular complexity index is 311. The van der Waals surface area contributed by atoms with Gasteiger partial charge in [0, 0.05) is 12.2 Å². The predicted octanol–water partition coefficient (Wildman–Crippen LogP) is -0.870. The van der Waals surface area contributed by atoms with Crippen LogP contribution >= 0.6 is 0 Å². The maximum absolute atomic E-state index is 10.4. The van der Waals surface area contributed by atoms with Crippen molar-refractivity contribution in [1.29, 1.82) is 0 Å². The number of carboxylic acids is 1. The number of carboxylic acid groups (broad SMARTS) is 1. The van der Waals surface area contributed by atoms with Crippen molar-refractivity contribution >= 4 is 22.1 Å². The van der Waals surface area contributed by atoms with Gasteiger partial charge in [-0.2, -0.15) is 8.42 Å². The Balaban J connectivity index is 4.18. The largest absolute Gasteiger partial charge is 0.478 e. The SMILES string of the molecule is CS(=O)(=O)OC(=O)/C=C\C(=O)O. The van der Waals surface area contributed by atoms with Gasteiger partial charge in [-0.05, 0) is 0 Å². The summed E-state index contributed by atoms with van der Waals surface area (Å²) in [6, 6.07) is 0. The normalized spacial score (nSPS) is 11.4. The van der Waals surface area contributed by atoms with Crippen LogP contribution in [0.2, 0.25) is 0 Å². The van der Waals surface area contributed by atoms with Crippen molar-refractivity contribution in [3.63, 3.8) is 0 Å². The van der Waals surface area contributed by atoms with Gasteiger partial charge in [-0.15, -0.1) is 0 Å². The molecule has 0 unspecified atom stereocenters. The van der Waals surface area contributed by atoms with E-state index in [1.54, 1.807) is 0 Å². The van der Waals surface area contributed by atoms with Gasteiger partial charge >= 0.3 is 22.1 Å². The van der Waals surface area contributed by atoms with E-state index in [-0.39, 0.29) is 0 Å². The third kappa shape index (κ3) is 6.75. The fourth-order valence-corrected chi connectivity index (χ4v) is 0.670. The van der Waals surface area contributed by atoms with Gasteiger partial charge in [-0.3, -0.25) is 0 Å². The molecule has 0 spiro atoms. The van der Waals surface area contributed by atoms with E-state index in [0.717, 1.165) is 0 Å². The van der Waals surface area contributed by atoms with Crippen molar-refractivity contribution in [3.05, 3.63) is 12.2 Å². The molecule has 0 aliphatic heterocycles. The second kappa shape index (κ2) is 3.86. The van der Waals surface area contributed by atoms with Crippen LogP contribution in [-0.2, 0) is 23.9 Å². The molecule has 0 bridgehead atoms. The zero-order chi connectivity index (χ0) is 9.78. The molecular formula is C5H6O6S. The number of carbonyl (C=O) groups is 2. The zero-order valence-electron chi connectivity index (χ0n) is 6.05. The molecule has 0 fully saturated rings. The Labute approximate surface area is 68.6 Å². The van der Waals surface area contributed by atoms with Crippen LogP contribution in [0.5, 0.6) is 0 Å². The number of hydrogen-bond acceptors (Lipinski definition) is 5. The first-order valence-corrected chi connectivity index (χ1v) is 4.47. The maximum atomic E-state index is 10.4. The van der Waals surface area contributed by atoms with Gasteiger partial charge in [0.2, 0.25) is 0 Å². The Hall–Kier alpha value is -1.37. The Morgan fingerprint density at radius 2 is 1.83 bits per heavy atom. The van der Waals surface area contributed by atoms with Crippen molar-refractivity contribution in [2.24, 2.45) is 0 Å². The number of aliphatic carboxylic acids is 1. The summed E-state index contributed by atoms with van der Waals surface area (Å²) in [5.41, 5.74) is 0. The van der Waals surface area contributed by atoms with Crippen molar-refractivity contribution in [2.75, 3.05) is 6.26 Å². The van der Waals surface area contributed by atoms with Crippen LogP contribution in [0, 0.1) is 0 Å². The number of carbonyl (C=O) groups excluding carboxylic acids is 1. The minimum absolute atomic E-state index is 0.480. The molecule has 12 heavy (non-hydrogen) atoms. The highest BCUT2D eigenvalue weighted by Gasteiger charge is 2.07. The lowest BCUT2D eigenvalue weighted by molar-refractivity contribution is -0.133. The van der Waals surface area contributed by atoms with Crippen molar-refractivity contribution in [1.82, 2.24) is 0 Å². The quantitative estimate of drug-likeness (QED) is 0.463. The first-order chi connectivity index (χ1) is 5.31. The molecule has 0 atom stereocenters. The highest BCUT2D eigenvalue weighted by atomic mass is 32.2. The molecule has 0 aromatic carbocycles. The first-order valence-electron chi connectivity index (χ1n) is 2.65. The monoisotopic (exact) mass is 194 g/mol. The third-order valence-corrected chi connectivity index (χ3v) is 1.06. The van der Waals surface area contributed by atoms with E-state index in [2.05, 4.69) is 4.18 Å². The smallest absolute Gasteiger partial charge is 0.346 e. The predicted molar refractivity (Wildman–Crippen MR) is 37.7 cm³/mol. The van der Waals surface area contributed by atoms with Crippen LogP contribution in [-0.4, -0.2) is 31.7 Å². The van der Waals surface area contributed by atoms with Crippen LogP contribution in [0.4, 0.5) is 0 Å². The van der Waals surface area contributed by atoms with Crippen molar-refractivity contribution < 1.29 is 27.3 Å². The molecule has 0 aromatic heterocycles. The van der Waals surface area contributed by atoms with Crippen LogP contribution in [0.1, 0.15) is 0 Å². The summed E-state index contributed by atoms with van der Waals surface area (Å²) >= 11 is 0. The molecule has 6 nitrogen and oxygen atoms in total. The molecule has 0 amide bonds. The average Bonchev–Trinajstić information content (AvgIpc) is 1.79. The standard InChI is InChI=1S/C5H6O6S/c1-12(9,10)11-5(8)3-2-4(6)7/h2-3H,1H3,(H,6,7)/b3-2-. The molecule has 0 saturated carbocycles. The Morgan fingerprint density at radius 3 is 2.17 bits per heavy atom. The van der Waals surface area contributed by atoms with Crippen molar-refractivity contribution in [3.8, 4) is 0 Å². The summed E-state index contributed by atoms with van der Waals surface area (Å²) in [6.07, 6.45) is 1.66. The van der Waals surface area contributed by atoms with Crippen molar-refractivity contribution in [2.45, 2.75) is 0 Å². The fraction of sp³-hybridized carbons (Fsp3) is 0.200. The first kappa shape index (κ1) is 10.6. The van der Waals surface area contributed by atoms with E-state index >= 15 is 0 Å². The second-order valence-electron chi connectivity index (χ2n) is 1.78. The molecule has 7 heteroatoms. The molecule has 0 heterocycles. The van der Waals surface area contributed by atoms with Gasteiger partial charge in [-0.1, -0.05) is 0 Å². The Kier molecular flexibility index (Phi) is 3.42. The van der Waals surface area contributed by atoms with E-state index in [4.69, 9.17) is 5.11 Å². The molecular weight excluding hydrogens is 188 g/mol. The van der Waals surface area contributed by atoms with E-state index < -0.39 is 22.1 Å². The average molecular weight is 194 g/mol.